The van der Waals surface area contributed by atoms with Crippen molar-refractivity contribution in [3.8, 4) is 0 Å². The summed E-state index contributed by atoms with van der Waals surface area (Å²) in [5, 5.41) is 0. The van der Waals surface area contributed by atoms with E-state index in [2.05, 4.69) is 19.1 Å². The quantitative estimate of drug-likeness (QED) is 0.841. The number of amides is 1. The van der Waals surface area contributed by atoms with Crippen molar-refractivity contribution >= 4 is 5.91 Å². The summed E-state index contributed by atoms with van der Waals surface area (Å²) in [5.41, 5.74) is 6.65. The van der Waals surface area contributed by atoms with E-state index in [1.54, 1.807) is 0 Å². The molecule has 3 heteroatoms. The average molecular weight is 248 g/mol. The topological polar surface area (TPSA) is 46.3 Å². The lowest BCUT2D eigenvalue weighted by molar-refractivity contribution is -0.135. The maximum Gasteiger partial charge on any atom is 0.225 e. The molecule has 2 unspecified atom stereocenters. The van der Waals surface area contributed by atoms with E-state index in [1.807, 2.05) is 37.1 Å². The zero-order chi connectivity index (χ0) is 13.5. The van der Waals surface area contributed by atoms with Crippen LogP contribution in [0.15, 0.2) is 30.3 Å². The van der Waals surface area contributed by atoms with Gasteiger partial charge in [0.15, 0.2) is 0 Å². The van der Waals surface area contributed by atoms with Gasteiger partial charge in [-0.1, -0.05) is 37.3 Å². The van der Waals surface area contributed by atoms with E-state index >= 15 is 0 Å². The molecule has 1 aromatic carbocycles. The Morgan fingerprint density at radius 2 is 1.89 bits per heavy atom. The van der Waals surface area contributed by atoms with Crippen molar-refractivity contribution in [2.45, 2.75) is 32.7 Å². The van der Waals surface area contributed by atoms with Gasteiger partial charge in [0.25, 0.3) is 0 Å². The van der Waals surface area contributed by atoms with Gasteiger partial charge in [0.05, 0.1) is 6.04 Å². The normalized spacial score (nSPS) is 14.0. The first-order chi connectivity index (χ1) is 8.57. The maximum atomic E-state index is 12.2. The lowest BCUT2D eigenvalue weighted by atomic mass is 10.0. The van der Waals surface area contributed by atoms with Crippen molar-refractivity contribution in [1.82, 2.24) is 4.90 Å². The molecule has 2 atom stereocenters. The van der Waals surface area contributed by atoms with Crippen LogP contribution in [0.2, 0.25) is 0 Å². The molecule has 1 rings (SSSR count). The van der Waals surface area contributed by atoms with Crippen molar-refractivity contribution in [2.24, 2.45) is 11.7 Å². The molecule has 100 valence electrons. The number of hydrogen-bond acceptors (Lipinski definition) is 2. The second kappa shape index (κ2) is 7.17. The standard InChI is InChI=1S/C15H24N2O/c1-12(8-7-11-16)15(18)17(3)13(2)14-9-5-4-6-10-14/h4-6,9-10,12-13H,7-8,11,16H2,1-3H3. The van der Waals surface area contributed by atoms with Gasteiger partial charge in [-0.15, -0.1) is 0 Å². The molecule has 3 nitrogen and oxygen atoms in total. The van der Waals surface area contributed by atoms with Crippen LogP contribution in [0.5, 0.6) is 0 Å². The molecule has 0 heterocycles. The molecule has 0 aromatic heterocycles. The first-order valence-electron chi connectivity index (χ1n) is 6.59. The number of rotatable bonds is 6. The van der Waals surface area contributed by atoms with E-state index < -0.39 is 0 Å². The van der Waals surface area contributed by atoms with Crippen LogP contribution in [-0.4, -0.2) is 24.4 Å². The zero-order valence-electron chi connectivity index (χ0n) is 11.6. The minimum Gasteiger partial charge on any atom is -0.339 e. The molecule has 0 radical (unpaired) electrons. The van der Waals surface area contributed by atoms with Gasteiger partial charge in [-0.3, -0.25) is 4.79 Å². The Labute approximate surface area is 110 Å². The summed E-state index contributed by atoms with van der Waals surface area (Å²) in [5.74, 6) is 0.240. The number of carbonyl (C=O) groups is 1. The minimum atomic E-state index is 0.0460. The van der Waals surface area contributed by atoms with E-state index in [-0.39, 0.29) is 17.9 Å². The van der Waals surface area contributed by atoms with E-state index in [0.29, 0.717) is 6.54 Å². The van der Waals surface area contributed by atoms with Crippen LogP contribution in [0.4, 0.5) is 0 Å². The van der Waals surface area contributed by atoms with Crippen LogP contribution in [0.25, 0.3) is 0 Å². The molecule has 0 aliphatic carbocycles. The molecule has 0 aliphatic rings. The Kier molecular flexibility index (Phi) is 5.86. The molecule has 1 amide bonds. The summed E-state index contributed by atoms with van der Waals surface area (Å²) in [6.07, 6.45) is 1.77. The fourth-order valence-electron chi connectivity index (χ4n) is 2.04. The fraction of sp³-hybridized carbons (Fsp3) is 0.533. The monoisotopic (exact) mass is 248 g/mol. The van der Waals surface area contributed by atoms with E-state index in [1.165, 1.54) is 5.56 Å². The Balaban J connectivity index is 2.63. The van der Waals surface area contributed by atoms with Crippen LogP contribution >= 0.6 is 0 Å². The Bertz CT molecular complexity index is 364. The van der Waals surface area contributed by atoms with Gasteiger partial charge < -0.3 is 10.6 Å². The van der Waals surface area contributed by atoms with E-state index in [0.717, 1.165) is 12.8 Å². The van der Waals surface area contributed by atoms with Crippen molar-refractivity contribution < 1.29 is 4.79 Å². The van der Waals surface area contributed by atoms with Crippen LogP contribution < -0.4 is 5.73 Å². The third kappa shape index (κ3) is 3.84. The highest BCUT2D eigenvalue weighted by molar-refractivity contribution is 5.78. The molecule has 18 heavy (non-hydrogen) atoms. The van der Waals surface area contributed by atoms with Gasteiger partial charge in [0, 0.05) is 13.0 Å². The number of nitrogens with two attached hydrogens (primary N) is 1. The van der Waals surface area contributed by atoms with Gasteiger partial charge in [0.2, 0.25) is 5.91 Å². The van der Waals surface area contributed by atoms with Crippen LogP contribution in [0.3, 0.4) is 0 Å². The molecule has 0 bridgehead atoms. The predicted molar refractivity (Wildman–Crippen MR) is 75.1 cm³/mol. The second-order valence-corrected chi connectivity index (χ2v) is 4.87. The van der Waals surface area contributed by atoms with Gasteiger partial charge in [-0.25, -0.2) is 0 Å². The van der Waals surface area contributed by atoms with Crippen LogP contribution in [-0.2, 0) is 4.79 Å². The van der Waals surface area contributed by atoms with Crippen LogP contribution in [0, 0.1) is 5.92 Å². The smallest absolute Gasteiger partial charge is 0.225 e. The van der Waals surface area contributed by atoms with Gasteiger partial charge in [0.1, 0.15) is 0 Å². The SMILES string of the molecule is CC(CCCN)C(=O)N(C)C(C)c1ccccc1. The minimum absolute atomic E-state index is 0.0460. The maximum absolute atomic E-state index is 12.2. The lowest BCUT2D eigenvalue weighted by Crippen LogP contribution is -2.34. The van der Waals surface area contributed by atoms with Crippen molar-refractivity contribution in [3.63, 3.8) is 0 Å². The van der Waals surface area contributed by atoms with E-state index in [9.17, 15) is 4.79 Å². The molecular weight excluding hydrogens is 224 g/mol. The summed E-state index contributed by atoms with van der Waals surface area (Å²) >= 11 is 0. The summed E-state index contributed by atoms with van der Waals surface area (Å²) in [6.45, 7) is 4.69. The van der Waals surface area contributed by atoms with Crippen molar-refractivity contribution in [3.05, 3.63) is 35.9 Å². The molecule has 0 saturated heterocycles. The fourth-order valence-corrected chi connectivity index (χ4v) is 2.04. The third-order valence-corrected chi connectivity index (χ3v) is 3.47. The highest BCUT2D eigenvalue weighted by Crippen LogP contribution is 2.21. The molecule has 2 N–H and O–H groups in total. The molecule has 0 spiro atoms. The Hall–Kier alpha value is -1.35. The largest absolute Gasteiger partial charge is 0.339 e. The van der Waals surface area contributed by atoms with Crippen LogP contribution in [0.1, 0.15) is 38.3 Å². The number of benzene rings is 1. The first-order valence-corrected chi connectivity index (χ1v) is 6.59. The Morgan fingerprint density at radius 1 is 1.28 bits per heavy atom. The van der Waals surface area contributed by atoms with E-state index in [4.69, 9.17) is 5.73 Å². The summed E-state index contributed by atoms with van der Waals surface area (Å²) < 4.78 is 0. The van der Waals surface area contributed by atoms with Gasteiger partial charge >= 0.3 is 0 Å². The molecule has 0 aliphatic heterocycles. The summed E-state index contributed by atoms with van der Waals surface area (Å²) in [7, 11) is 1.87. The first kappa shape index (κ1) is 14.7. The average Bonchev–Trinajstić information content (AvgIpc) is 2.43. The highest BCUT2D eigenvalue weighted by atomic mass is 16.2. The molecular formula is C15H24N2O. The second-order valence-electron chi connectivity index (χ2n) is 4.87. The predicted octanol–water partition coefficient (Wildman–Crippen LogP) is 2.58. The van der Waals surface area contributed by atoms with Crippen molar-refractivity contribution in [2.75, 3.05) is 13.6 Å². The van der Waals surface area contributed by atoms with Crippen molar-refractivity contribution in [1.29, 1.82) is 0 Å². The number of hydrogen-bond donors (Lipinski definition) is 1. The molecule has 0 fully saturated rings. The third-order valence-electron chi connectivity index (χ3n) is 3.47. The lowest BCUT2D eigenvalue weighted by Gasteiger charge is -2.28. The highest BCUT2D eigenvalue weighted by Gasteiger charge is 2.21. The number of nitrogens with zero attached hydrogens (tertiary/aromatic N) is 1. The van der Waals surface area contributed by atoms with Gasteiger partial charge in [-0.2, -0.15) is 0 Å². The zero-order valence-corrected chi connectivity index (χ0v) is 11.6. The van der Waals surface area contributed by atoms with Gasteiger partial charge in [-0.05, 0) is 31.9 Å². The summed E-state index contributed by atoms with van der Waals surface area (Å²) in [6, 6.07) is 10.2. The summed E-state index contributed by atoms with van der Waals surface area (Å²) in [4.78, 5) is 14.1. The number of carbonyl (C=O) groups excluding carboxylic acids is 1. The Morgan fingerprint density at radius 3 is 2.44 bits per heavy atom. The molecule has 1 aromatic rings. The molecule has 0 saturated carbocycles.